The highest BCUT2D eigenvalue weighted by Crippen LogP contribution is 2.12. The number of hydrogen-bond acceptors (Lipinski definition) is 8. The number of nitrogens with one attached hydrogen (secondary N) is 2. The van der Waals surface area contributed by atoms with Crippen LogP contribution in [0.5, 0.6) is 0 Å². The van der Waals surface area contributed by atoms with Crippen LogP contribution in [0.15, 0.2) is 0 Å². The number of rotatable bonds is 35. The minimum Gasteiger partial charge on any atom is -0.480 e. The smallest absolute Gasteiger partial charge is 0.320 e. The highest BCUT2D eigenvalue weighted by Gasteiger charge is 2.11. The molecule has 0 heterocycles. The van der Waals surface area contributed by atoms with Gasteiger partial charge in [-0.15, -0.1) is 0 Å². The van der Waals surface area contributed by atoms with E-state index in [-0.39, 0.29) is 43.9 Å². The van der Waals surface area contributed by atoms with Crippen molar-refractivity contribution in [2.45, 2.75) is 162 Å². The van der Waals surface area contributed by atoms with Crippen LogP contribution in [-0.4, -0.2) is 87.4 Å². The number of amides is 2. The van der Waals surface area contributed by atoms with Crippen LogP contribution in [0.3, 0.4) is 0 Å². The van der Waals surface area contributed by atoms with Crippen LogP contribution >= 0.6 is 13.5 Å². The normalized spacial score (nSPS) is 11.2. The Morgan fingerprint density at radius 2 is 1.04 bits per heavy atom. The summed E-state index contributed by atoms with van der Waals surface area (Å²) in [6, 6.07) is -0.835. The third-order valence-corrected chi connectivity index (χ3v) is 7.68. The molecule has 0 aliphatic carbocycles. The van der Waals surface area contributed by atoms with Crippen LogP contribution in [0.1, 0.15) is 156 Å². The molecule has 0 rings (SSSR count). The van der Waals surface area contributed by atoms with Crippen molar-refractivity contribution in [3.63, 3.8) is 0 Å². The molecule has 2 amide bonds. The van der Waals surface area contributed by atoms with Crippen molar-refractivity contribution in [1.82, 2.24) is 10.6 Å². The average molecular weight is 722 g/mol. The number of Topliss-reactive ketones (excluding diaryl/α,β-unsaturated/α-hetero) is 1. The van der Waals surface area contributed by atoms with Gasteiger partial charge in [0.2, 0.25) is 11.8 Å². The maximum absolute atomic E-state index is 11.8. The SMILES string of the molecule is CCCCCCCCCCCCCC(=O)NCC.CCCOCCOCCOCCCNC(=O)CCC(=O)CCCCC[C@H](N)C(=O)O.S. The standard InChI is InChI=1S/C21H40N2O7.C16H33NO.H2S/c1-2-12-28-14-16-30-17-15-29-13-6-11-23-20(25)10-9-18(24)7-4-3-5-8-19(22)21(26)27;1-3-5-6-7-8-9-10-11-12-13-14-15-16(18)17-4-2;/h19H,2-17,22H2,1H3,(H,23,25)(H,26,27);3-15H2,1-2H3,(H,17,18);1H2/t19-;;/m0../s1. The fraction of sp³-hybridized carbons (Fsp3) is 0.892. The van der Waals surface area contributed by atoms with Crippen molar-refractivity contribution in [1.29, 1.82) is 0 Å². The number of ether oxygens (including phenoxy) is 3. The number of aliphatic carboxylic acids is 1. The summed E-state index contributed by atoms with van der Waals surface area (Å²) < 4.78 is 16.1. The van der Waals surface area contributed by atoms with E-state index in [1.54, 1.807) is 0 Å². The second-order valence-electron chi connectivity index (χ2n) is 12.4. The van der Waals surface area contributed by atoms with Crippen molar-refractivity contribution >= 4 is 37.1 Å². The fourth-order valence-electron chi connectivity index (χ4n) is 4.78. The van der Waals surface area contributed by atoms with E-state index in [0.717, 1.165) is 32.4 Å². The van der Waals surface area contributed by atoms with E-state index >= 15 is 0 Å². The molecule has 49 heavy (non-hydrogen) atoms. The van der Waals surface area contributed by atoms with Gasteiger partial charge in [0.25, 0.3) is 0 Å². The van der Waals surface area contributed by atoms with Gasteiger partial charge in [0, 0.05) is 52.0 Å². The largest absolute Gasteiger partial charge is 0.480 e. The van der Waals surface area contributed by atoms with Crippen LogP contribution in [0.2, 0.25) is 0 Å². The summed E-state index contributed by atoms with van der Waals surface area (Å²) in [6.45, 7) is 11.1. The Balaban J connectivity index is -0.000000954. The number of carboxylic acids is 1. The highest BCUT2D eigenvalue weighted by atomic mass is 32.1. The summed E-state index contributed by atoms with van der Waals surface area (Å²) >= 11 is 0. The molecule has 0 aliphatic rings. The summed E-state index contributed by atoms with van der Waals surface area (Å²) in [7, 11) is 0. The molecule has 0 saturated carbocycles. The molecule has 0 unspecified atom stereocenters. The van der Waals surface area contributed by atoms with Gasteiger partial charge in [0.1, 0.15) is 11.8 Å². The molecule has 0 bridgehead atoms. The molecule has 292 valence electrons. The molecule has 0 fully saturated rings. The number of unbranched alkanes of at least 4 members (excludes halogenated alkanes) is 12. The summed E-state index contributed by atoms with van der Waals surface area (Å²) in [5.74, 6) is -0.864. The molecular weight excluding hydrogens is 646 g/mol. The quantitative estimate of drug-likeness (QED) is 0.0528. The van der Waals surface area contributed by atoms with Crippen molar-refractivity contribution in [3.8, 4) is 0 Å². The summed E-state index contributed by atoms with van der Waals surface area (Å²) in [6.07, 6.45) is 20.5. The predicted octanol–water partition coefficient (Wildman–Crippen LogP) is 6.60. The maximum atomic E-state index is 11.8. The molecule has 0 saturated heterocycles. The van der Waals surface area contributed by atoms with E-state index in [0.29, 0.717) is 78.1 Å². The van der Waals surface area contributed by atoms with Crippen LogP contribution in [0.25, 0.3) is 0 Å². The summed E-state index contributed by atoms with van der Waals surface area (Å²) in [5.41, 5.74) is 5.42. The lowest BCUT2D eigenvalue weighted by Crippen LogP contribution is -2.29. The Morgan fingerprint density at radius 3 is 1.59 bits per heavy atom. The molecule has 0 aromatic heterocycles. The van der Waals surface area contributed by atoms with E-state index in [1.165, 1.54) is 64.2 Å². The van der Waals surface area contributed by atoms with Gasteiger partial charge >= 0.3 is 5.97 Å². The fourth-order valence-corrected chi connectivity index (χ4v) is 4.78. The maximum Gasteiger partial charge on any atom is 0.320 e. The Morgan fingerprint density at radius 1 is 0.551 bits per heavy atom. The second-order valence-corrected chi connectivity index (χ2v) is 12.4. The van der Waals surface area contributed by atoms with Gasteiger partial charge in [-0.1, -0.05) is 90.9 Å². The molecule has 5 N–H and O–H groups in total. The number of carbonyl (C=O) groups is 4. The van der Waals surface area contributed by atoms with Gasteiger partial charge in [0.15, 0.2) is 0 Å². The molecule has 0 radical (unpaired) electrons. The van der Waals surface area contributed by atoms with E-state index in [9.17, 15) is 19.2 Å². The van der Waals surface area contributed by atoms with Crippen LogP contribution in [0.4, 0.5) is 0 Å². The highest BCUT2D eigenvalue weighted by molar-refractivity contribution is 7.59. The van der Waals surface area contributed by atoms with Gasteiger partial charge in [-0.2, -0.15) is 13.5 Å². The Hall–Kier alpha value is -1.73. The summed E-state index contributed by atoms with van der Waals surface area (Å²) in [5, 5.41) is 14.3. The second kappa shape index (κ2) is 42.4. The zero-order chi connectivity index (χ0) is 35.9. The first kappa shape index (κ1) is 51.6. The topological polar surface area (TPSA) is 166 Å². The lowest BCUT2D eigenvalue weighted by atomic mass is 10.0. The monoisotopic (exact) mass is 722 g/mol. The Labute approximate surface area is 305 Å². The minimum atomic E-state index is -0.999. The Kier molecular flexibility index (Phi) is 44.7. The number of hydrogen-bond donors (Lipinski definition) is 4. The number of carboxylic acid groups (broad SMARTS) is 1. The summed E-state index contributed by atoms with van der Waals surface area (Å²) in [4.78, 5) is 45.3. The first-order chi connectivity index (χ1) is 23.3. The number of nitrogens with two attached hydrogens (primary N) is 1. The van der Waals surface area contributed by atoms with Gasteiger partial charge in [0.05, 0.1) is 26.4 Å². The van der Waals surface area contributed by atoms with Gasteiger partial charge in [-0.25, -0.2) is 0 Å². The molecule has 0 aliphatic heterocycles. The van der Waals surface area contributed by atoms with Crippen molar-refractivity contribution in [2.75, 3.05) is 52.7 Å². The van der Waals surface area contributed by atoms with Gasteiger partial charge in [-0.05, 0) is 39.0 Å². The van der Waals surface area contributed by atoms with E-state index in [1.807, 2.05) is 6.92 Å². The molecule has 12 heteroatoms. The number of carbonyl (C=O) groups excluding carboxylic acids is 3. The van der Waals surface area contributed by atoms with Crippen molar-refractivity contribution in [2.24, 2.45) is 5.73 Å². The van der Waals surface area contributed by atoms with E-state index in [4.69, 9.17) is 25.1 Å². The van der Waals surface area contributed by atoms with Gasteiger partial charge in [-0.3, -0.25) is 19.2 Å². The molecule has 0 spiro atoms. The van der Waals surface area contributed by atoms with E-state index < -0.39 is 12.0 Å². The molecule has 1 atom stereocenters. The van der Waals surface area contributed by atoms with Crippen LogP contribution in [0, 0.1) is 0 Å². The third-order valence-electron chi connectivity index (χ3n) is 7.68. The zero-order valence-electron chi connectivity index (χ0n) is 31.5. The first-order valence-electron chi connectivity index (χ1n) is 19.0. The molecule has 0 aromatic carbocycles. The van der Waals surface area contributed by atoms with Crippen molar-refractivity contribution in [3.05, 3.63) is 0 Å². The lowest BCUT2D eigenvalue weighted by molar-refractivity contribution is -0.138. The zero-order valence-corrected chi connectivity index (χ0v) is 32.5. The number of ketones is 1. The van der Waals surface area contributed by atoms with Crippen molar-refractivity contribution < 1.29 is 38.5 Å². The van der Waals surface area contributed by atoms with E-state index in [2.05, 4.69) is 24.5 Å². The van der Waals surface area contributed by atoms with Crippen LogP contribution in [-0.2, 0) is 33.4 Å². The average Bonchev–Trinajstić information content (AvgIpc) is 3.06. The molecule has 0 aromatic rings. The van der Waals surface area contributed by atoms with Crippen LogP contribution < -0.4 is 16.4 Å². The Bertz CT molecular complexity index is 761. The first-order valence-corrected chi connectivity index (χ1v) is 19.0. The minimum absolute atomic E-state index is 0. The predicted molar refractivity (Wildman–Crippen MR) is 203 cm³/mol. The molecular formula is C37H75N3O8S. The lowest BCUT2D eigenvalue weighted by Gasteiger charge is -2.07. The third kappa shape index (κ3) is 44.2. The van der Waals surface area contributed by atoms with Gasteiger partial charge < -0.3 is 35.7 Å². The molecule has 11 nitrogen and oxygen atoms in total.